The predicted octanol–water partition coefficient (Wildman–Crippen LogP) is 2.22. The minimum atomic E-state index is -0.508. The summed E-state index contributed by atoms with van der Waals surface area (Å²) < 4.78 is 6.29. The molecule has 1 amide bonds. The van der Waals surface area contributed by atoms with Gasteiger partial charge in [0, 0.05) is 17.8 Å². The van der Waals surface area contributed by atoms with Gasteiger partial charge in [0.05, 0.1) is 16.0 Å². The van der Waals surface area contributed by atoms with Crippen LogP contribution in [0.2, 0.25) is 0 Å². The van der Waals surface area contributed by atoms with Crippen LogP contribution in [0, 0.1) is 10.1 Å². The number of para-hydroxylation sites is 2. The second kappa shape index (κ2) is 6.79. The van der Waals surface area contributed by atoms with E-state index in [-0.39, 0.29) is 29.7 Å². The maximum absolute atomic E-state index is 12.6. The lowest BCUT2D eigenvalue weighted by atomic mass is 10.3. The number of fused-ring (bicyclic) bond motifs is 1. The van der Waals surface area contributed by atoms with Gasteiger partial charge in [0.25, 0.3) is 5.69 Å². The highest BCUT2D eigenvalue weighted by atomic mass is 16.6. The summed E-state index contributed by atoms with van der Waals surface area (Å²) in [5.74, 6) is 0.0550. The SMILES string of the molecule is Nc1nonc1-c1nc2ccccc2n1CC(=O)Nc1ccc([N+](=O)[O-])cc1. The van der Waals surface area contributed by atoms with Crippen LogP contribution in [0.1, 0.15) is 0 Å². The van der Waals surface area contributed by atoms with Crippen LogP contribution in [0.3, 0.4) is 0 Å². The fraction of sp³-hybridized carbons (Fsp3) is 0.0588. The lowest BCUT2D eigenvalue weighted by Gasteiger charge is -2.09. The van der Waals surface area contributed by atoms with Crippen molar-refractivity contribution in [1.29, 1.82) is 0 Å². The van der Waals surface area contributed by atoms with E-state index >= 15 is 0 Å². The molecule has 2 heterocycles. The van der Waals surface area contributed by atoms with E-state index in [0.29, 0.717) is 22.5 Å². The summed E-state index contributed by atoms with van der Waals surface area (Å²) in [4.78, 5) is 27.3. The average molecular weight is 379 g/mol. The minimum absolute atomic E-state index is 0.0603. The van der Waals surface area contributed by atoms with Crippen molar-refractivity contribution in [2.24, 2.45) is 0 Å². The number of non-ortho nitro benzene ring substituents is 1. The smallest absolute Gasteiger partial charge is 0.269 e. The van der Waals surface area contributed by atoms with E-state index in [0.717, 1.165) is 0 Å². The van der Waals surface area contributed by atoms with Crippen molar-refractivity contribution >= 4 is 34.1 Å². The first-order valence-electron chi connectivity index (χ1n) is 8.11. The van der Waals surface area contributed by atoms with E-state index < -0.39 is 4.92 Å². The zero-order valence-corrected chi connectivity index (χ0v) is 14.3. The number of imidazole rings is 1. The number of anilines is 2. The molecule has 0 bridgehead atoms. The number of aromatic nitrogens is 4. The van der Waals surface area contributed by atoms with Crippen LogP contribution in [0.25, 0.3) is 22.6 Å². The number of amides is 1. The highest BCUT2D eigenvalue weighted by Gasteiger charge is 2.20. The molecule has 140 valence electrons. The zero-order valence-electron chi connectivity index (χ0n) is 14.3. The predicted molar refractivity (Wildman–Crippen MR) is 99.2 cm³/mol. The maximum atomic E-state index is 12.6. The molecular weight excluding hydrogens is 366 g/mol. The molecule has 0 fully saturated rings. The van der Waals surface area contributed by atoms with Crippen molar-refractivity contribution in [2.45, 2.75) is 6.54 Å². The normalized spacial score (nSPS) is 10.9. The van der Waals surface area contributed by atoms with Crippen molar-refractivity contribution in [1.82, 2.24) is 19.9 Å². The van der Waals surface area contributed by atoms with Gasteiger partial charge in [-0.15, -0.1) is 0 Å². The fourth-order valence-electron chi connectivity index (χ4n) is 2.78. The van der Waals surface area contributed by atoms with Crippen molar-refractivity contribution < 1.29 is 14.3 Å². The number of rotatable bonds is 5. The molecule has 3 N–H and O–H groups in total. The highest BCUT2D eigenvalue weighted by molar-refractivity contribution is 5.92. The number of nitrogens with zero attached hydrogens (tertiary/aromatic N) is 5. The van der Waals surface area contributed by atoms with Crippen LogP contribution < -0.4 is 11.1 Å². The van der Waals surface area contributed by atoms with E-state index in [4.69, 9.17) is 5.73 Å². The molecule has 0 radical (unpaired) electrons. The Bertz CT molecular complexity index is 1180. The quantitative estimate of drug-likeness (QED) is 0.395. The Balaban J connectivity index is 1.64. The molecule has 0 spiro atoms. The van der Waals surface area contributed by atoms with Gasteiger partial charge in [-0.3, -0.25) is 14.9 Å². The van der Waals surface area contributed by atoms with Gasteiger partial charge < -0.3 is 15.6 Å². The molecule has 0 aliphatic heterocycles. The number of nitrogens with one attached hydrogen (secondary N) is 1. The number of benzene rings is 2. The number of hydrogen-bond donors (Lipinski definition) is 2. The Kier molecular flexibility index (Phi) is 4.16. The van der Waals surface area contributed by atoms with Gasteiger partial charge in [-0.25, -0.2) is 9.61 Å². The van der Waals surface area contributed by atoms with Crippen LogP contribution in [0.5, 0.6) is 0 Å². The Hall–Kier alpha value is -4.28. The average Bonchev–Trinajstić information content (AvgIpc) is 3.25. The Morgan fingerprint density at radius 1 is 1.18 bits per heavy atom. The fourth-order valence-corrected chi connectivity index (χ4v) is 2.78. The number of hydrogen-bond acceptors (Lipinski definition) is 8. The molecule has 0 saturated carbocycles. The molecule has 0 unspecified atom stereocenters. The first-order chi connectivity index (χ1) is 13.5. The van der Waals surface area contributed by atoms with Crippen molar-refractivity contribution in [3.63, 3.8) is 0 Å². The van der Waals surface area contributed by atoms with Gasteiger partial charge >= 0.3 is 0 Å². The topological polar surface area (TPSA) is 155 Å². The molecule has 0 atom stereocenters. The number of nitrogen functional groups attached to an aromatic ring is 1. The van der Waals surface area contributed by atoms with Gasteiger partial charge in [-0.1, -0.05) is 12.1 Å². The number of nitro benzene ring substituents is 1. The second-order valence-corrected chi connectivity index (χ2v) is 5.86. The third-order valence-electron chi connectivity index (χ3n) is 4.04. The van der Waals surface area contributed by atoms with E-state index in [1.54, 1.807) is 10.6 Å². The molecular formula is C17H13N7O4. The molecule has 4 rings (SSSR count). The lowest BCUT2D eigenvalue weighted by Crippen LogP contribution is -2.19. The van der Waals surface area contributed by atoms with Gasteiger partial charge in [-0.05, 0) is 34.6 Å². The van der Waals surface area contributed by atoms with Crippen LogP contribution >= 0.6 is 0 Å². The summed E-state index contributed by atoms with van der Waals surface area (Å²) in [5.41, 5.74) is 7.75. The number of carbonyl (C=O) groups excluding carboxylic acids is 1. The first-order valence-corrected chi connectivity index (χ1v) is 8.11. The Labute approximate surface area is 156 Å². The summed E-state index contributed by atoms with van der Waals surface area (Å²) in [6, 6.07) is 12.8. The first kappa shape index (κ1) is 17.1. The molecule has 11 nitrogen and oxygen atoms in total. The largest absolute Gasteiger partial charge is 0.379 e. The maximum Gasteiger partial charge on any atom is 0.269 e. The molecule has 28 heavy (non-hydrogen) atoms. The van der Waals surface area contributed by atoms with Crippen LogP contribution in [-0.2, 0) is 11.3 Å². The summed E-state index contributed by atoms with van der Waals surface area (Å²) in [6.45, 7) is -0.0842. The van der Waals surface area contributed by atoms with E-state index in [9.17, 15) is 14.9 Å². The monoisotopic (exact) mass is 379 g/mol. The van der Waals surface area contributed by atoms with Crippen LogP contribution in [0.15, 0.2) is 53.2 Å². The van der Waals surface area contributed by atoms with E-state index in [1.807, 2.05) is 18.2 Å². The van der Waals surface area contributed by atoms with Crippen molar-refractivity contribution in [3.05, 3.63) is 58.6 Å². The van der Waals surface area contributed by atoms with Gasteiger partial charge in [0.2, 0.25) is 5.91 Å². The minimum Gasteiger partial charge on any atom is -0.379 e. The number of carbonyl (C=O) groups is 1. The van der Waals surface area contributed by atoms with Gasteiger partial charge in [0.1, 0.15) is 6.54 Å². The highest BCUT2D eigenvalue weighted by Crippen LogP contribution is 2.26. The van der Waals surface area contributed by atoms with Crippen LogP contribution in [0.4, 0.5) is 17.2 Å². The summed E-state index contributed by atoms with van der Waals surface area (Å²) in [5, 5.41) is 20.8. The molecule has 0 aliphatic rings. The second-order valence-electron chi connectivity index (χ2n) is 5.86. The third kappa shape index (κ3) is 3.11. The summed E-state index contributed by atoms with van der Waals surface area (Å²) >= 11 is 0. The number of nitro groups is 1. The lowest BCUT2D eigenvalue weighted by molar-refractivity contribution is -0.384. The Morgan fingerprint density at radius 2 is 1.93 bits per heavy atom. The molecule has 0 aliphatic carbocycles. The number of nitrogens with two attached hydrogens (primary N) is 1. The molecule has 2 aromatic carbocycles. The Morgan fingerprint density at radius 3 is 2.61 bits per heavy atom. The summed E-state index contributed by atoms with van der Waals surface area (Å²) in [7, 11) is 0. The van der Waals surface area contributed by atoms with E-state index in [1.165, 1.54) is 24.3 Å². The standard InChI is InChI=1S/C17H13N7O4/c18-16-15(21-28-22-16)17-20-12-3-1-2-4-13(12)23(17)9-14(25)19-10-5-7-11(8-6-10)24(26)27/h1-8H,9H2,(H2,18,22)(H,19,25). The zero-order chi connectivity index (χ0) is 19.7. The molecule has 0 saturated heterocycles. The van der Waals surface area contributed by atoms with Crippen LogP contribution in [-0.4, -0.2) is 30.7 Å². The molecule has 11 heteroatoms. The van der Waals surface area contributed by atoms with Crippen molar-refractivity contribution in [3.8, 4) is 11.5 Å². The van der Waals surface area contributed by atoms with Gasteiger partial charge in [-0.2, -0.15) is 0 Å². The van der Waals surface area contributed by atoms with Crippen molar-refractivity contribution in [2.75, 3.05) is 11.1 Å². The van der Waals surface area contributed by atoms with E-state index in [2.05, 4.69) is 25.2 Å². The molecule has 4 aromatic rings. The van der Waals surface area contributed by atoms with Gasteiger partial charge in [0.15, 0.2) is 17.3 Å². The third-order valence-corrected chi connectivity index (χ3v) is 4.04. The summed E-state index contributed by atoms with van der Waals surface area (Å²) in [6.07, 6.45) is 0. The molecule has 2 aromatic heterocycles.